The molecule has 23 heavy (non-hydrogen) atoms. The van der Waals surface area contributed by atoms with Crippen LogP contribution in [-0.2, 0) is 4.74 Å². The Hall–Kier alpha value is -1.92. The summed E-state index contributed by atoms with van der Waals surface area (Å²) in [5.74, 6) is 0. The molecule has 2 unspecified atom stereocenters. The van der Waals surface area contributed by atoms with Crippen molar-refractivity contribution in [2.75, 3.05) is 20.3 Å². The molecule has 122 valence electrons. The van der Waals surface area contributed by atoms with E-state index in [2.05, 4.69) is 40.1 Å². The summed E-state index contributed by atoms with van der Waals surface area (Å²) in [7, 11) is 1.71. The minimum atomic E-state index is 0.0365. The van der Waals surface area contributed by atoms with Crippen molar-refractivity contribution in [3.8, 4) is 0 Å². The van der Waals surface area contributed by atoms with Gasteiger partial charge in [-0.15, -0.1) is 0 Å². The second-order valence-corrected chi connectivity index (χ2v) is 6.23. The lowest BCUT2D eigenvalue weighted by Gasteiger charge is -2.27. The summed E-state index contributed by atoms with van der Waals surface area (Å²) in [5, 5.41) is 4.19. The number of hydrogen-bond acceptors (Lipinski definition) is 3. The summed E-state index contributed by atoms with van der Waals surface area (Å²) in [4.78, 5) is 10.1. The highest BCUT2D eigenvalue weighted by Gasteiger charge is 2.40. The van der Waals surface area contributed by atoms with Gasteiger partial charge in [0.2, 0.25) is 0 Å². The molecular formula is C17H22N4OS. The maximum atomic E-state index is 5.58. The SMILES string of the molecule is COCCN1C(=S)NC(c2ccccn2)C1c1cc(C)[nH]c1C. The molecule has 0 saturated carbocycles. The molecule has 6 heteroatoms. The van der Waals surface area contributed by atoms with Gasteiger partial charge in [0, 0.05) is 31.2 Å². The van der Waals surface area contributed by atoms with E-state index in [1.165, 1.54) is 11.3 Å². The summed E-state index contributed by atoms with van der Waals surface area (Å²) in [6.07, 6.45) is 1.82. The molecule has 3 rings (SSSR count). The predicted octanol–water partition coefficient (Wildman–Crippen LogP) is 2.65. The van der Waals surface area contributed by atoms with Crippen molar-refractivity contribution in [1.29, 1.82) is 0 Å². The average molecular weight is 330 g/mol. The molecule has 0 spiro atoms. The lowest BCUT2D eigenvalue weighted by Crippen LogP contribution is -2.32. The van der Waals surface area contributed by atoms with Gasteiger partial charge in [0.25, 0.3) is 0 Å². The van der Waals surface area contributed by atoms with Crippen LogP contribution in [-0.4, -0.2) is 40.2 Å². The summed E-state index contributed by atoms with van der Waals surface area (Å²) in [6.45, 7) is 5.57. The number of aromatic amines is 1. The van der Waals surface area contributed by atoms with Crippen LogP contribution in [0.5, 0.6) is 0 Å². The monoisotopic (exact) mass is 330 g/mol. The molecule has 1 fully saturated rings. The average Bonchev–Trinajstić information content (AvgIpc) is 3.05. The normalized spacial score (nSPS) is 20.8. The van der Waals surface area contributed by atoms with E-state index in [1.807, 2.05) is 24.4 Å². The number of pyridine rings is 1. The van der Waals surface area contributed by atoms with Crippen LogP contribution in [0.2, 0.25) is 0 Å². The number of hydrogen-bond donors (Lipinski definition) is 2. The number of aromatic nitrogens is 2. The quantitative estimate of drug-likeness (QED) is 0.826. The Morgan fingerprint density at radius 3 is 2.78 bits per heavy atom. The number of rotatable bonds is 5. The standard InChI is InChI=1S/C17H22N4OS/c1-11-10-13(12(2)19-11)16-15(14-6-4-5-7-18-14)20-17(23)21(16)8-9-22-3/h4-7,10,15-16,19H,8-9H2,1-3H3,(H,20,23). The van der Waals surface area contributed by atoms with Gasteiger partial charge in [-0.05, 0) is 49.8 Å². The van der Waals surface area contributed by atoms with Gasteiger partial charge in [0.05, 0.1) is 24.4 Å². The van der Waals surface area contributed by atoms with Crippen LogP contribution in [0.25, 0.3) is 0 Å². The zero-order valence-corrected chi connectivity index (χ0v) is 14.5. The summed E-state index contributed by atoms with van der Waals surface area (Å²) in [6, 6.07) is 8.33. The number of methoxy groups -OCH3 is 1. The molecule has 2 atom stereocenters. The van der Waals surface area contributed by atoms with Crippen LogP contribution in [0.1, 0.15) is 34.7 Å². The lowest BCUT2D eigenvalue weighted by molar-refractivity contribution is 0.164. The molecule has 0 radical (unpaired) electrons. The summed E-state index contributed by atoms with van der Waals surface area (Å²) < 4.78 is 5.26. The fourth-order valence-electron chi connectivity index (χ4n) is 3.23. The first-order chi connectivity index (χ1) is 11.1. The maximum absolute atomic E-state index is 5.58. The highest BCUT2D eigenvalue weighted by molar-refractivity contribution is 7.80. The van der Waals surface area contributed by atoms with Gasteiger partial charge in [-0.1, -0.05) is 6.07 Å². The van der Waals surface area contributed by atoms with E-state index in [4.69, 9.17) is 17.0 Å². The summed E-state index contributed by atoms with van der Waals surface area (Å²) in [5.41, 5.74) is 4.57. The third-order valence-electron chi connectivity index (χ3n) is 4.24. The third-order valence-corrected chi connectivity index (χ3v) is 4.59. The molecule has 3 heterocycles. The molecule has 0 aliphatic carbocycles. The highest BCUT2D eigenvalue weighted by atomic mass is 32.1. The molecule has 2 N–H and O–H groups in total. The van der Waals surface area contributed by atoms with E-state index in [9.17, 15) is 0 Å². The fourth-order valence-corrected chi connectivity index (χ4v) is 3.56. The van der Waals surface area contributed by atoms with Crippen LogP contribution < -0.4 is 5.32 Å². The Kier molecular flexibility index (Phi) is 4.63. The topological polar surface area (TPSA) is 53.2 Å². The zero-order valence-electron chi connectivity index (χ0n) is 13.7. The molecule has 1 aliphatic heterocycles. The van der Waals surface area contributed by atoms with Crippen molar-refractivity contribution in [1.82, 2.24) is 20.2 Å². The fraction of sp³-hybridized carbons (Fsp3) is 0.412. The van der Waals surface area contributed by atoms with Gasteiger partial charge in [-0.2, -0.15) is 0 Å². The number of nitrogens with one attached hydrogen (secondary N) is 2. The van der Waals surface area contributed by atoms with E-state index in [1.54, 1.807) is 7.11 Å². The van der Waals surface area contributed by atoms with Crippen LogP contribution in [0, 0.1) is 13.8 Å². The van der Waals surface area contributed by atoms with E-state index in [0.29, 0.717) is 6.61 Å². The number of thiocarbonyl (C=S) groups is 1. The molecule has 0 aromatic carbocycles. The first kappa shape index (κ1) is 16.0. The predicted molar refractivity (Wildman–Crippen MR) is 94.3 cm³/mol. The molecule has 0 bridgehead atoms. The van der Waals surface area contributed by atoms with Crippen molar-refractivity contribution in [2.45, 2.75) is 25.9 Å². The van der Waals surface area contributed by atoms with Crippen LogP contribution >= 0.6 is 12.2 Å². The number of nitrogens with zero attached hydrogens (tertiary/aromatic N) is 2. The molecule has 1 aliphatic rings. The Bertz CT molecular complexity index is 685. The largest absolute Gasteiger partial charge is 0.383 e. The molecule has 2 aromatic rings. The highest BCUT2D eigenvalue weighted by Crippen LogP contribution is 2.39. The maximum Gasteiger partial charge on any atom is 0.170 e. The van der Waals surface area contributed by atoms with E-state index in [0.717, 1.165) is 23.0 Å². The Labute approximate surface area is 142 Å². The lowest BCUT2D eigenvalue weighted by atomic mass is 9.97. The van der Waals surface area contributed by atoms with Crippen molar-refractivity contribution in [2.24, 2.45) is 0 Å². The Balaban J connectivity index is 2.01. The molecule has 1 saturated heterocycles. The molecule has 2 aromatic heterocycles. The molecule has 0 amide bonds. The van der Waals surface area contributed by atoms with Gasteiger partial charge in [0.1, 0.15) is 0 Å². The minimum Gasteiger partial charge on any atom is -0.383 e. The zero-order chi connectivity index (χ0) is 16.4. The number of ether oxygens (including phenoxy) is 1. The van der Waals surface area contributed by atoms with Gasteiger partial charge < -0.3 is 19.9 Å². The Morgan fingerprint density at radius 2 is 2.17 bits per heavy atom. The smallest absolute Gasteiger partial charge is 0.170 e. The second kappa shape index (κ2) is 6.68. The van der Waals surface area contributed by atoms with Crippen molar-refractivity contribution in [3.05, 3.63) is 53.1 Å². The Morgan fingerprint density at radius 1 is 1.35 bits per heavy atom. The van der Waals surface area contributed by atoms with Crippen LogP contribution in [0.15, 0.2) is 30.5 Å². The number of H-pyrrole nitrogens is 1. The first-order valence-corrected chi connectivity index (χ1v) is 8.15. The van der Waals surface area contributed by atoms with Gasteiger partial charge in [-0.25, -0.2) is 0 Å². The molecule has 5 nitrogen and oxygen atoms in total. The van der Waals surface area contributed by atoms with E-state index in [-0.39, 0.29) is 12.1 Å². The van der Waals surface area contributed by atoms with Crippen LogP contribution in [0.3, 0.4) is 0 Å². The van der Waals surface area contributed by atoms with Crippen molar-refractivity contribution >= 4 is 17.3 Å². The number of aryl methyl sites for hydroxylation is 2. The first-order valence-electron chi connectivity index (χ1n) is 7.75. The minimum absolute atomic E-state index is 0.0365. The van der Waals surface area contributed by atoms with Gasteiger partial charge in [-0.3, -0.25) is 4.98 Å². The summed E-state index contributed by atoms with van der Waals surface area (Å²) >= 11 is 5.58. The van der Waals surface area contributed by atoms with Crippen LogP contribution in [0.4, 0.5) is 0 Å². The van der Waals surface area contributed by atoms with E-state index >= 15 is 0 Å². The molecular weight excluding hydrogens is 308 g/mol. The van der Waals surface area contributed by atoms with Crippen molar-refractivity contribution < 1.29 is 4.74 Å². The van der Waals surface area contributed by atoms with Gasteiger partial charge >= 0.3 is 0 Å². The second-order valence-electron chi connectivity index (χ2n) is 5.85. The third kappa shape index (κ3) is 3.09. The van der Waals surface area contributed by atoms with Crippen molar-refractivity contribution in [3.63, 3.8) is 0 Å². The van der Waals surface area contributed by atoms with Gasteiger partial charge in [0.15, 0.2) is 5.11 Å². The van der Waals surface area contributed by atoms with E-state index < -0.39 is 0 Å².